The highest BCUT2D eigenvalue weighted by atomic mass is 16.6. The van der Waals surface area contributed by atoms with Gasteiger partial charge >= 0.3 is 12.1 Å². The largest absolute Gasteiger partial charge is 0.452 e. The maximum atomic E-state index is 12.7. The van der Waals surface area contributed by atoms with Gasteiger partial charge in [0.15, 0.2) is 6.10 Å². The first kappa shape index (κ1) is 19.7. The van der Waals surface area contributed by atoms with Gasteiger partial charge < -0.3 is 14.8 Å². The molecular weight excluding hydrogens is 310 g/mol. The Morgan fingerprint density at radius 1 is 1.00 bits per heavy atom. The summed E-state index contributed by atoms with van der Waals surface area (Å²) in [4.78, 5) is 36.2. The van der Waals surface area contributed by atoms with Gasteiger partial charge in [-0.2, -0.15) is 0 Å². The summed E-state index contributed by atoms with van der Waals surface area (Å²) in [7, 11) is 0. The molecule has 0 saturated carbocycles. The van der Waals surface area contributed by atoms with Crippen LogP contribution in [0.1, 0.15) is 51.9 Å². The van der Waals surface area contributed by atoms with E-state index in [0.717, 1.165) is 0 Å². The molecule has 0 radical (unpaired) electrons. The normalized spacial score (nSPS) is 12.9. The van der Waals surface area contributed by atoms with Crippen molar-refractivity contribution in [1.82, 2.24) is 5.32 Å². The average Bonchev–Trinajstić information content (AvgIpc) is 2.42. The van der Waals surface area contributed by atoms with Crippen molar-refractivity contribution in [2.24, 2.45) is 0 Å². The molecule has 0 aliphatic carbocycles. The fourth-order valence-electron chi connectivity index (χ4n) is 2.08. The van der Waals surface area contributed by atoms with E-state index >= 15 is 0 Å². The third-order valence-corrected chi connectivity index (χ3v) is 3.06. The number of ether oxygens (including phenoxy) is 2. The number of rotatable bonds is 5. The highest BCUT2D eigenvalue weighted by Gasteiger charge is 2.40. The van der Waals surface area contributed by atoms with Gasteiger partial charge in [-0.25, -0.2) is 4.79 Å². The van der Waals surface area contributed by atoms with Crippen LogP contribution >= 0.6 is 0 Å². The van der Waals surface area contributed by atoms with Crippen LogP contribution in [0.4, 0.5) is 4.79 Å². The number of benzene rings is 1. The second-order valence-corrected chi connectivity index (χ2v) is 7.07. The van der Waals surface area contributed by atoms with Crippen molar-refractivity contribution in [3.63, 3.8) is 0 Å². The summed E-state index contributed by atoms with van der Waals surface area (Å²) in [6, 6.07) is 8.46. The van der Waals surface area contributed by atoms with Crippen LogP contribution in [0.2, 0.25) is 0 Å². The summed E-state index contributed by atoms with van der Waals surface area (Å²) in [6.45, 7) is 9.63. The fourth-order valence-corrected chi connectivity index (χ4v) is 2.08. The molecule has 0 aromatic heterocycles. The van der Waals surface area contributed by atoms with Crippen molar-refractivity contribution >= 4 is 17.8 Å². The standard InChI is InChI=1S/C18H25NO5/c1-12(20)23-15(14(21)13-10-8-7-9-11-13)18(5,6)19-16(22)24-17(2,3)4/h7-11,15H,1-6H3,(H,19,22)/t15-/m0/s1. The Morgan fingerprint density at radius 2 is 1.54 bits per heavy atom. The van der Waals surface area contributed by atoms with Gasteiger partial charge in [-0.05, 0) is 34.6 Å². The van der Waals surface area contributed by atoms with Crippen LogP contribution in [0.5, 0.6) is 0 Å². The number of carbonyl (C=O) groups excluding carboxylic acids is 3. The molecule has 0 aliphatic rings. The molecule has 6 heteroatoms. The quantitative estimate of drug-likeness (QED) is 0.660. The molecule has 6 nitrogen and oxygen atoms in total. The summed E-state index contributed by atoms with van der Waals surface area (Å²) in [5.74, 6) is -1.00. The van der Waals surface area contributed by atoms with E-state index < -0.39 is 35.1 Å². The van der Waals surface area contributed by atoms with Gasteiger partial charge in [-0.1, -0.05) is 30.3 Å². The monoisotopic (exact) mass is 335 g/mol. The van der Waals surface area contributed by atoms with Crippen molar-refractivity contribution < 1.29 is 23.9 Å². The van der Waals surface area contributed by atoms with Crippen LogP contribution in [0.25, 0.3) is 0 Å². The van der Waals surface area contributed by atoms with Crippen LogP contribution < -0.4 is 5.32 Å². The lowest BCUT2D eigenvalue weighted by Crippen LogP contribution is -2.57. The first-order valence-corrected chi connectivity index (χ1v) is 7.70. The Hall–Kier alpha value is -2.37. The molecule has 24 heavy (non-hydrogen) atoms. The Bertz CT molecular complexity index is 602. The molecule has 0 spiro atoms. The number of esters is 1. The minimum Gasteiger partial charge on any atom is -0.452 e. The van der Waals surface area contributed by atoms with E-state index in [9.17, 15) is 14.4 Å². The smallest absolute Gasteiger partial charge is 0.408 e. The SMILES string of the molecule is CC(=O)O[C@@H](C(=O)c1ccccc1)C(C)(C)NC(=O)OC(C)(C)C. The Kier molecular flexibility index (Phi) is 6.12. The van der Waals surface area contributed by atoms with Gasteiger partial charge in [0, 0.05) is 12.5 Å². The van der Waals surface area contributed by atoms with Crippen molar-refractivity contribution in [2.45, 2.75) is 58.8 Å². The predicted octanol–water partition coefficient (Wildman–Crippen LogP) is 3.10. The van der Waals surface area contributed by atoms with Gasteiger partial charge in [0.1, 0.15) is 5.60 Å². The number of Topliss-reactive ketones (excluding diaryl/α,β-unsaturated/α-hetero) is 1. The molecule has 1 aromatic rings. The fraction of sp³-hybridized carbons (Fsp3) is 0.500. The van der Waals surface area contributed by atoms with Gasteiger partial charge in [-0.3, -0.25) is 9.59 Å². The minimum absolute atomic E-state index is 0.391. The zero-order valence-corrected chi connectivity index (χ0v) is 15.0. The lowest BCUT2D eigenvalue weighted by atomic mass is 9.90. The van der Waals surface area contributed by atoms with E-state index in [1.54, 1.807) is 65.0 Å². The lowest BCUT2D eigenvalue weighted by Gasteiger charge is -2.34. The van der Waals surface area contributed by atoms with Crippen molar-refractivity contribution in [2.75, 3.05) is 0 Å². The zero-order chi connectivity index (χ0) is 18.5. The first-order chi connectivity index (χ1) is 10.9. The average molecular weight is 335 g/mol. The minimum atomic E-state index is -1.18. The van der Waals surface area contributed by atoms with Crippen LogP contribution in [0.15, 0.2) is 30.3 Å². The number of carbonyl (C=O) groups is 3. The molecule has 0 aliphatic heterocycles. The van der Waals surface area contributed by atoms with E-state index in [1.807, 2.05) is 0 Å². The third kappa shape index (κ3) is 6.02. The Labute approximate surface area is 142 Å². The number of nitrogens with one attached hydrogen (secondary N) is 1. The summed E-state index contributed by atoms with van der Waals surface area (Å²) in [5, 5.41) is 2.61. The van der Waals surface area contributed by atoms with E-state index in [4.69, 9.17) is 9.47 Å². The van der Waals surface area contributed by atoms with E-state index in [2.05, 4.69) is 5.32 Å². The van der Waals surface area contributed by atoms with Crippen molar-refractivity contribution in [1.29, 1.82) is 0 Å². The number of ketones is 1. The van der Waals surface area contributed by atoms with Crippen LogP contribution in [-0.2, 0) is 14.3 Å². The van der Waals surface area contributed by atoms with Crippen LogP contribution in [0, 0.1) is 0 Å². The van der Waals surface area contributed by atoms with Crippen molar-refractivity contribution in [3.8, 4) is 0 Å². The molecular formula is C18H25NO5. The summed E-state index contributed by atoms with van der Waals surface area (Å²) in [6.07, 6.45) is -1.87. The summed E-state index contributed by atoms with van der Waals surface area (Å²) in [5.41, 5.74) is -1.44. The zero-order valence-electron chi connectivity index (χ0n) is 15.0. The van der Waals surface area contributed by atoms with Gasteiger partial charge in [0.05, 0.1) is 5.54 Å². The van der Waals surface area contributed by atoms with Crippen molar-refractivity contribution in [3.05, 3.63) is 35.9 Å². The highest BCUT2D eigenvalue weighted by molar-refractivity contribution is 6.01. The van der Waals surface area contributed by atoms with Gasteiger partial charge in [0.2, 0.25) is 5.78 Å². The summed E-state index contributed by atoms with van der Waals surface area (Å²) >= 11 is 0. The maximum Gasteiger partial charge on any atom is 0.408 e. The Balaban J connectivity index is 3.03. The second-order valence-electron chi connectivity index (χ2n) is 7.07. The Morgan fingerprint density at radius 3 is 2.00 bits per heavy atom. The second kappa shape index (κ2) is 7.47. The molecule has 1 atom stereocenters. The predicted molar refractivity (Wildman–Crippen MR) is 89.8 cm³/mol. The molecule has 0 unspecified atom stereocenters. The topological polar surface area (TPSA) is 81.7 Å². The number of amides is 1. The number of alkyl carbamates (subject to hydrolysis) is 1. The highest BCUT2D eigenvalue weighted by Crippen LogP contribution is 2.20. The van der Waals surface area contributed by atoms with Gasteiger partial charge in [0.25, 0.3) is 0 Å². The lowest BCUT2D eigenvalue weighted by molar-refractivity contribution is -0.147. The molecule has 132 valence electrons. The summed E-state index contributed by atoms with van der Waals surface area (Å²) < 4.78 is 10.4. The maximum absolute atomic E-state index is 12.7. The first-order valence-electron chi connectivity index (χ1n) is 7.70. The molecule has 1 aromatic carbocycles. The number of hydrogen-bond acceptors (Lipinski definition) is 5. The third-order valence-electron chi connectivity index (χ3n) is 3.06. The molecule has 1 N–H and O–H groups in total. The number of hydrogen-bond donors (Lipinski definition) is 1. The molecule has 0 heterocycles. The molecule has 0 saturated heterocycles. The molecule has 0 bridgehead atoms. The molecule has 0 fully saturated rings. The van der Waals surface area contributed by atoms with E-state index in [0.29, 0.717) is 5.56 Å². The van der Waals surface area contributed by atoms with Gasteiger partial charge in [-0.15, -0.1) is 0 Å². The molecule has 1 amide bonds. The van der Waals surface area contributed by atoms with Crippen LogP contribution in [-0.4, -0.2) is 35.1 Å². The van der Waals surface area contributed by atoms with E-state index in [-0.39, 0.29) is 0 Å². The van der Waals surface area contributed by atoms with Crippen LogP contribution in [0.3, 0.4) is 0 Å². The van der Waals surface area contributed by atoms with E-state index in [1.165, 1.54) is 6.92 Å². The molecule has 1 rings (SSSR count).